The van der Waals surface area contributed by atoms with Gasteiger partial charge in [-0.05, 0) is 12.1 Å². The van der Waals surface area contributed by atoms with E-state index in [9.17, 15) is 8.42 Å². The van der Waals surface area contributed by atoms with E-state index in [1.165, 1.54) is 30.8 Å². The summed E-state index contributed by atoms with van der Waals surface area (Å²) in [6.45, 7) is 0. The van der Waals surface area contributed by atoms with Crippen molar-refractivity contribution >= 4 is 55.6 Å². The normalized spacial score (nSPS) is 12.0. The van der Waals surface area contributed by atoms with E-state index in [0.717, 1.165) is 10.9 Å². The van der Waals surface area contributed by atoms with Crippen LogP contribution in [0.2, 0.25) is 10.0 Å². The Morgan fingerprint density at radius 2 is 1.88 bits per heavy atom. The molecule has 3 aromatic rings. The number of hydrogen-bond donors (Lipinski definition) is 1. The second-order valence-electron chi connectivity index (χ2n) is 5.50. The van der Waals surface area contributed by atoms with Crippen LogP contribution in [0.3, 0.4) is 0 Å². The first kappa shape index (κ1) is 17.9. The monoisotopic (exact) mass is 399 g/mol. The van der Waals surface area contributed by atoms with Crippen molar-refractivity contribution in [3.8, 4) is 0 Å². The molecule has 25 heavy (non-hydrogen) atoms. The third-order valence-corrected chi connectivity index (χ3v) is 5.94. The summed E-state index contributed by atoms with van der Waals surface area (Å²) in [5.74, 6) is 0.359. The average Bonchev–Trinajstić information content (AvgIpc) is 2.94. The summed E-state index contributed by atoms with van der Waals surface area (Å²) in [4.78, 5) is 8.22. The highest BCUT2D eigenvalue weighted by molar-refractivity contribution is 7.88. The second-order valence-corrected chi connectivity index (χ2v) is 8.47. The van der Waals surface area contributed by atoms with Gasteiger partial charge in [-0.3, -0.25) is 4.98 Å². The van der Waals surface area contributed by atoms with Gasteiger partial charge in [-0.1, -0.05) is 23.2 Å². The zero-order chi connectivity index (χ0) is 18.2. The first-order chi connectivity index (χ1) is 11.8. The Hall–Kier alpha value is -1.87. The molecule has 0 spiro atoms. The number of sulfonamides is 1. The van der Waals surface area contributed by atoms with Crippen molar-refractivity contribution in [3.63, 3.8) is 0 Å². The second kappa shape index (κ2) is 6.80. The fourth-order valence-corrected chi connectivity index (χ4v) is 3.54. The predicted octanol–water partition coefficient (Wildman–Crippen LogP) is 3.33. The lowest BCUT2D eigenvalue weighted by molar-refractivity contribution is 0.510. The Labute approximate surface area is 155 Å². The summed E-state index contributed by atoms with van der Waals surface area (Å²) in [6, 6.07) is 3.54. The molecule has 0 aliphatic heterocycles. The predicted molar refractivity (Wildman–Crippen MR) is 99.9 cm³/mol. The number of aromatic nitrogens is 3. The van der Waals surface area contributed by atoms with Gasteiger partial charge in [0.05, 0.1) is 21.2 Å². The van der Waals surface area contributed by atoms with Crippen LogP contribution in [0.1, 0.15) is 0 Å². The minimum atomic E-state index is -3.39. The van der Waals surface area contributed by atoms with Crippen LogP contribution in [0.25, 0.3) is 10.9 Å². The number of fused-ring (bicyclic) bond motifs is 1. The van der Waals surface area contributed by atoms with Crippen LogP contribution < -0.4 is 5.32 Å². The van der Waals surface area contributed by atoms with Gasteiger partial charge in [-0.25, -0.2) is 17.7 Å². The summed E-state index contributed by atoms with van der Waals surface area (Å²) in [6.07, 6.45) is 6.25. The fraction of sp³-hybridized carbons (Fsp3) is 0.200. The smallest absolute Gasteiger partial charge is 0.232 e. The van der Waals surface area contributed by atoms with Crippen LogP contribution in [0.4, 0.5) is 11.5 Å². The molecule has 10 heteroatoms. The fourth-order valence-electron chi connectivity index (χ4n) is 2.28. The van der Waals surface area contributed by atoms with Crippen molar-refractivity contribution in [1.29, 1.82) is 0 Å². The summed E-state index contributed by atoms with van der Waals surface area (Å²) >= 11 is 12.3. The molecule has 7 nitrogen and oxygen atoms in total. The molecule has 1 N–H and O–H groups in total. The Balaban J connectivity index is 2.02. The first-order valence-electron chi connectivity index (χ1n) is 7.19. The summed E-state index contributed by atoms with van der Waals surface area (Å²) in [7, 11) is -0.387. The Kier molecular flexibility index (Phi) is 4.88. The standard InChI is InChI=1S/C15H15Cl2N5O2S/c1-21(2)25(23,24)9-22-6-4-10-13(22)3-5-19-15(10)20-14-11(16)7-18-8-12(14)17/h3-8H,9H2,1-2H3,(H,18,19,20). The summed E-state index contributed by atoms with van der Waals surface area (Å²) < 4.78 is 27.1. The molecule has 0 aliphatic carbocycles. The van der Waals surface area contributed by atoms with Crippen LogP contribution in [-0.2, 0) is 15.9 Å². The van der Waals surface area contributed by atoms with Crippen LogP contribution >= 0.6 is 23.2 Å². The lowest BCUT2D eigenvalue weighted by Crippen LogP contribution is -2.26. The molecule has 0 atom stereocenters. The molecular formula is C15H15Cl2N5O2S. The maximum atomic E-state index is 12.1. The van der Waals surface area contributed by atoms with Crippen molar-refractivity contribution < 1.29 is 8.42 Å². The van der Waals surface area contributed by atoms with E-state index >= 15 is 0 Å². The van der Waals surface area contributed by atoms with Gasteiger partial charge in [-0.15, -0.1) is 0 Å². The van der Waals surface area contributed by atoms with Gasteiger partial charge in [0.15, 0.2) is 0 Å². The van der Waals surface area contributed by atoms with E-state index < -0.39 is 10.0 Å². The minimum Gasteiger partial charge on any atom is -0.337 e. The molecule has 0 aliphatic rings. The highest BCUT2D eigenvalue weighted by Gasteiger charge is 2.17. The maximum absolute atomic E-state index is 12.1. The van der Waals surface area contributed by atoms with Crippen LogP contribution in [0, 0.1) is 0 Å². The molecule has 0 unspecified atom stereocenters. The van der Waals surface area contributed by atoms with E-state index in [0.29, 0.717) is 21.6 Å². The summed E-state index contributed by atoms with van der Waals surface area (Å²) in [5, 5.41) is 4.57. The van der Waals surface area contributed by atoms with Crippen molar-refractivity contribution in [3.05, 3.63) is 47.0 Å². The topological polar surface area (TPSA) is 80.1 Å². The van der Waals surface area contributed by atoms with Crippen LogP contribution in [0.5, 0.6) is 0 Å². The lowest BCUT2D eigenvalue weighted by atomic mass is 10.3. The molecule has 0 fully saturated rings. The van der Waals surface area contributed by atoms with Crippen molar-refractivity contribution in [2.75, 3.05) is 19.4 Å². The molecular weight excluding hydrogens is 385 g/mol. The maximum Gasteiger partial charge on any atom is 0.232 e. The van der Waals surface area contributed by atoms with Gasteiger partial charge in [0, 0.05) is 44.3 Å². The van der Waals surface area contributed by atoms with E-state index in [4.69, 9.17) is 23.2 Å². The van der Waals surface area contributed by atoms with Crippen molar-refractivity contribution in [2.45, 2.75) is 5.88 Å². The molecule has 0 radical (unpaired) electrons. The van der Waals surface area contributed by atoms with Gasteiger partial charge in [0.2, 0.25) is 10.0 Å². The van der Waals surface area contributed by atoms with Crippen LogP contribution in [-0.4, -0.2) is 41.4 Å². The largest absolute Gasteiger partial charge is 0.337 e. The van der Waals surface area contributed by atoms with E-state index in [1.807, 2.05) is 0 Å². The first-order valence-corrected chi connectivity index (χ1v) is 9.56. The van der Waals surface area contributed by atoms with Gasteiger partial charge >= 0.3 is 0 Å². The molecule has 0 amide bonds. The van der Waals surface area contributed by atoms with E-state index in [2.05, 4.69) is 15.3 Å². The Morgan fingerprint density at radius 3 is 2.52 bits per heavy atom. The van der Waals surface area contributed by atoms with Crippen molar-refractivity contribution in [2.24, 2.45) is 0 Å². The molecule has 0 aromatic carbocycles. The Bertz CT molecular complexity index is 1010. The Morgan fingerprint density at radius 1 is 1.20 bits per heavy atom. The average molecular weight is 400 g/mol. The quantitative estimate of drug-likeness (QED) is 0.711. The molecule has 132 valence electrons. The summed E-state index contributed by atoms with van der Waals surface area (Å²) in [5.41, 5.74) is 1.22. The minimum absolute atomic E-state index is 0.163. The molecule has 3 aromatic heterocycles. The number of rotatable bonds is 5. The number of nitrogens with zero attached hydrogens (tertiary/aromatic N) is 4. The number of pyridine rings is 2. The van der Waals surface area contributed by atoms with E-state index in [1.54, 1.807) is 29.1 Å². The van der Waals surface area contributed by atoms with Gasteiger partial charge in [0.1, 0.15) is 11.7 Å². The lowest BCUT2D eigenvalue weighted by Gasteiger charge is -2.13. The molecule has 0 bridgehead atoms. The highest BCUT2D eigenvalue weighted by Crippen LogP contribution is 2.33. The SMILES string of the molecule is CN(C)S(=O)(=O)Cn1ccc2c(Nc3c(Cl)cncc3Cl)nccc21. The van der Waals surface area contributed by atoms with Crippen molar-refractivity contribution in [1.82, 2.24) is 18.8 Å². The van der Waals surface area contributed by atoms with E-state index in [-0.39, 0.29) is 5.88 Å². The highest BCUT2D eigenvalue weighted by atomic mass is 35.5. The zero-order valence-corrected chi connectivity index (χ0v) is 15.8. The number of anilines is 2. The number of nitrogens with one attached hydrogen (secondary N) is 1. The van der Waals surface area contributed by atoms with Crippen LogP contribution in [0.15, 0.2) is 36.9 Å². The molecule has 3 rings (SSSR count). The van der Waals surface area contributed by atoms with Gasteiger partial charge in [0.25, 0.3) is 0 Å². The molecule has 3 heterocycles. The molecule has 0 saturated carbocycles. The third kappa shape index (κ3) is 3.57. The zero-order valence-electron chi connectivity index (χ0n) is 13.4. The van der Waals surface area contributed by atoms with Gasteiger partial charge < -0.3 is 9.88 Å². The number of hydrogen-bond acceptors (Lipinski definition) is 5. The number of halogens is 2. The van der Waals surface area contributed by atoms with Gasteiger partial charge in [-0.2, -0.15) is 0 Å². The third-order valence-electron chi connectivity index (χ3n) is 3.65. The molecule has 0 saturated heterocycles.